The van der Waals surface area contributed by atoms with Gasteiger partial charge in [-0.2, -0.15) is 0 Å². The van der Waals surface area contributed by atoms with Gasteiger partial charge in [0, 0.05) is 0 Å². The molecule has 1 aliphatic rings. The molecule has 1 aliphatic heterocycles. The molecule has 38 heavy (non-hydrogen) atoms. The minimum atomic E-state index is -2.63. The smallest absolute Gasteiger partial charge is 0.0683 e. The molecule has 0 amide bonds. The molecule has 0 bridgehead atoms. The summed E-state index contributed by atoms with van der Waals surface area (Å²) in [6.07, 6.45) is 11.2. The summed E-state index contributed by atoms with van der Waals surface area (Å²) >= 11 is 4.95. The molecular formula is C32H32NO2PSSe. The van der Waals surface area contributed by atoms with E-state index in [1.165, 1.54) is 5.56 Å². The molecule has 4 aromatic carbocycles. The molecule has 1 N–H and O–H groups in total. The van der Waals surface area contributed by atoms with Gasteiger partial charge in [0.1, 0.15) is 0 Å². The van der Waals surface area contributed by atoms with E-state index >= 15 is 0 Å². The van der Waals surface area contributed by atoms with Gasteiger partial charge >= 0.3 is 213 Å². The Labute approximate surface area is 238 Å². The van der Waals surface area contributed by atoms with Crippen LogP contribution in [0.5, 0.6) is 5.75 Å². The molecule has 0 fully saturated rings. The Kier molecular flexibility index (Phi) is 11.1. The van der Waals surface area contributed by atoms with Crippen molar-refractivity contribution in [1.82, 2.24) is 5.09 Å². The predicted octanol–water partition coefficient (Wildman–Crippen LogP) is 9.05. The number of thioether (sulfide) groups is 1. The van der Waals surface area contributed by atoms with Crippen molar-refractivity contribution >= 4 is 55.4 Å². The van der Waals surface area contributed by atoms with E-state index in [1.54, 1.807) is 11.8 Å². The minimum Gasteiger partial charge on any atom is -0.0683 e. The van der Waals surface area contributed by atoms with Crippen LogP contribution in [-0.2, 0) is 4.52 Å². The quantitative estimate of drug-likeness (QED) is 0.103. The van der Waals surface area contributed by atoms with Crippen LogP contribution in [0, 0.1) is 12.8 Å². The molecule has 3 nitrogen and oxygen atoms in total. The first-order valence-corrected chi connectivity index (χ1v) is 17.4. The maximum Gasteiger partial charge on any atom is -0.0683 e. The van der Waals surface area contributed by atoms with E-state index in [0.29, 0.717) is 0 Å². The molecule has 5 rings (SSSR count). The SMILES string of the molecule is C#C.C=Cc1ccccc1C1=COP(=[Se])(NC(SC)c2ccccc2)Oc2ccc3ccccc3c21.CC. The molecule has 194 valence electrons. The molecule has 0 saturated carbocycles. The van der Waals surface area contributed by atoms with Gasteiger partial charge in [-0.15, -0.1) is 12.8 Å². The molecular weight excluding hydrogens is 572 g/mol. The number of hydrogen-bond donors (Lipinski definition) is 1. The summed E-state index contributed by atoms with van der Waals surface area (Å²) < 4.78 is 13.1. The van der Waals surface area contributed by atoms with Crippen LogP contribution < -0.4 is 9.61 Å². The summed E-state index contributed by atoms with van der Waals surface area (Å²) in [5.74, 6) is 0.786. The van der Waals surface area contributed by atoms with E-state index in [-0.39, 0.29) is 5.37 Å². The topological polar surface area (TPSA) is 30.5 Å². The van der Waals surface area contributed by atoms with Crippen LogP contribution in [0.15, 0.2) is 104 Å². The van der Waals surface area contributed by atoms with E-state index in [1.807, 2.05) is 62.6 Å². The average Bonchev–Trinajstić information content (AvgIpc) is 3.14. The van der Waals surface area contributed by atoms with Gasteiger partial charge < -0.3 is 0 Å². The molecule has 0 saturated heterocycles. The van der Waals surface area contributed by atoms with E-state index in [9.17, 15) is 0 Å². The Balaban J connectivity index is 0.000000956. The van der Waals surface area contributed by atoms with Crippen molar-refractivity contribution in [2.45, 2.75) is 19.2 Å². The van der Waals surface area contributed by atoms with E-state index in [2.05, 4.69) is 100 Å². The first kappa shape index (κ1) is 29.6. The molecule has 0 aromatic heterocycles. The predicted molar refractivity (Wildman–Crippen MR) is 169 cm³/mol. The first-order chi connectivity index (χ1) is 18.6. The van der Waals surface area contributed by atoms with Crippen LogP contribution in [-0.4, -0.2) is 21.4 Å². The van der Waals surface area contributed by atoms with Gasteiger partial charge in [-0.3, -0.25) is 0 Å². The van der Waals surface area contributed by atoms with E-state index < -0.39 is 6.11 Å². The summed E-state index contributed by atoms with van der Waals surface area (Å²) in [4.78, 5) is 0. The van der Waals surface area contributed by atoms with Gasteiger partial charge in [0.2, 0.25) is 0 Å². The van der Waals surface area contributed by atoms with Gasteiger partial charge in [0.25, 0.3) is 0 Å². The van der Waals surface area contributed by atoms with Crippen molar-refractivity contribution < 1.29 is 9.05 Å². The zero-order valence-corrected chi connectivity index (χ0v) is 25.3. The van der Waals surface area contributed by atoms with Crippen molar-refractivity contribution in [3.8, 4) is 18.6 Å². The van der Waals surface area contributed by atoms with Crippen molar-refractivity contribution in [2.75, 3.05) is 6.26 Å². The maximum atomic E-state index is 6.66. The minimum absolute atomic E-state index is 0.00935. The Morgan fingerprint density at radius 2 is 1.58 bits per heavy atom. The number of terminal acetylenes is 1. The Morgan fingerprint density at radius 1 is 0.921 bits per heavy atom. The van der Waals surface area contributed by atoms with Gasteiger partial charge in [-0.25, -0.2) is 0 Å². The molecule has 0 radical (unpaired) electrons. The third kappa shape index (κ3) is 6.54. The van der Waals surface area contributed by atoms with Gasteiger partial charge in [0.15, 0.2) is 0 Å². The first-order valence-electron chi connectivity index (χ1n) is 12.2. The van der Waals surface area contributed by atoms with E-state index in [4.69, 9.17) is 9.05 Å². The van der Waals surface area contributed by atoms with Crippen LogP contribution in [0.1, 0.15) is 41.5 Å². The number of fused-ring (bicyclic) bond motifs is 3. The fourth-order valence-electron chi connectivity index (χ4n) is 4.15. The summed E-state index contributed by atoms with van der Waals surface area (Å²) in [6.45, 7) is 8.03. The zero-order valence-electron chi connectivity index (χ0n) is 21.8. The van der Waals surface area contributed by atoms with Gasteiger partial charge in [0.05, 0.1) is 0 Å². The number of nitrogens with one attached hydrogen (secondary N) is 1. The van der Waals surface area contributed by atoms with Crippen molar-refractivity contribution in [1.29, 1.82) is 0 Å². The Hall–Kier alpha value is -2.96. The van der Waals surface area contributed by atoms with Crippen molar-refractivity contribution in [2.24, 2.45) is 0 Å². The van der Waals surface area contributed by atoms with Crippen molar-refractivity contribution in [3.63, 3.8) is 0 Å². The number of rotatable bonds is 6. The normalized spacial score (nSPS) is 16.4. The second-order valence-corrected chi connectivity index (χ2v) is 13.4. The average molecular weight is 605 g/mol. The monoisotopic (exact) mass is 605 g/mol. The Bertz CT molecular complexity index is 1480. The van der Waals surface area contributed by atoms with Gasteiger partial charge in [-0.1, -0.05) is 13.8 Å². The number of benzene rings is 4. The molecule has 2 unspecified atom stereocenters. The van der Waals surface area contributed by atoms with Crippen LogP contribution in [0.4, 0.5) is 0 Å². The van der Waals surface area contributed by atoms with Gasteiger partial charge in [-0.05, 0) is 0 Å². The summed E-state index contributed by atoms with van der Waals surface area (Å²) in [5.41, 5.74) is 5.26. The van der Waals surface area contributed by atoms with Crippen LogP contribution >= 0.6 is 17.9 Å². The third-order valence-corrected chi connectivity index (χ3v) is 9.88. The fourth-order valence-corrected chi connectivity index (χ4v) is 8.55. The summed E-state index contributed by atoms with van der Waals surface area (Å²) in [5, 5.41) is 5.91. The molecule has 4 aromatic rings. The largest absolute Gasteiger partial charge is 0.0683 e. The molecule has 0 spiro atoms. The Morgan fingerprint density at radius 3 is 2.29 bits per heavy atom. The van der Waals surface area contributed by atoms with Crippen LogP contribution in [0.3, 0.4) is 0 Å². The van der Waals surface area contributed by atoms with E-state index in [0.717, 1.165) is 38.8 Å². The summed E-state index contributed by atoms with van der Waals surface area (Å²) in [6, 6.07) is 31.1. The maximum absolute atomic E-state index is 6.66. The second-order valence-electron chi connectivity index (χ2n) is 7.83. The zero-order chi connectivity index (χ0) is 27.5. The third-order valence-electron chi connectivity index (χ3n) is 5.77. The summed E-state index contributed by atoms with van der Waals surface area (Å²) in [7, 11) is 0. The molecule has 6 heteroatoms. The second kappa shape index (κ2) is 14.3. The van der Waals surface area contributed by atoms with Crippen LogP contribution in [0.2, 0.25) is 0 Å². The van der Waals surface area contributed by atoms with Crippen LogP contribution in [0.25, 0.3) is 22.4 Å². The molecule has 0 aliphatic carbocycles. The molecule has 2 atom stereocenters. The number of hydrogen-bond acceptors (Lipinski definition) is 4. The molecule has 1 heterocycles. The van der Waals surface area contributed by atoms with Crippen molar-refractivity contribution in [3.05, 3.63) is 126 Å². The fraction of sp³-hybridized carbons (Fsp3) is 0.125. The standard InChI is InChI=1S/C28H24NO2PSSe.C2H6.C2H2/c1-3-20-11-7-9-15-23(20)25-19-30-32(34,29-28(33-2)22-13-5-4-6-14-22)31-26-18-17-21-12-8-10-16-24(21)27(25)26;2*1-2/h3-19,28H,1H2,2H3,(H,29,34);1-2H3;1-2H.